The number of fused-ring (bicyclic) bond motifs is 1. The van der Waals surface area contributed by atoms with Crippen LogP contribution in [0, 0.1) is 12.7 Å². The van der Waals surface area contributed by atoms with Gasteiger partial charge >= 0.3 is 0 Å². The van der Waals surface area contributed by atoms with Crippen LogP contribution < -0.4 is 10.1 Å². The van der Waals surface area contributed by atoms with Gasteiger partial charge in [0.15, 0.2) is 12.3 Å². The van der Waals surface area contributed by atoms with Gasteiger partial charge < -0.3 is 14.8 Å². The zero-order chi connectivity index (χ0) is 22.2. The summed E-state index contributed by atoms with van der Waals surface area (Å²) in [5.41, 5.74) is 2.42. The van der Waals surface area contributed by atoms with Crippen LogP contribution in [-0.4, -0.2) is 52.2 Å². The third-order valence-corrected chi connectivity index (χ3v) is 5.33. The zero-order valence-electron chi connectivity index (χ0n) is 17.3. The van der Waals surface area contributed by atoms with E-state index in [0.717, 1.165) is 10.9 Å². The van der Waals surface area contributed by atoms with Crippen LogP contribution in [0.15, 0.2) is 41.0 Å². The molecule has 1 aromatic heterocycles. The Morgan fingerprint density at radius 2 is 2.00 bits per heavy atom. The second-order valence-corrected chi connectivity index (χ2v) is 10.2. The molecule has 3 aromatic rings. The van der Waals surface area contributed by atoms with E-state index in [1.54, 1.807) is 24.6 Å². The van der Waals surface area contributed by atoms with Crippen LogP contribution in [0.25, 0.3) is 10.9 Å². The minimum atomic E-state index is -2.32. The molecule has 0 aliphatic carbocycles. The van der Waals surface area contributed by atoms with Crippen molar-refractivity contribution >= 4 is 37.8 Å². The van der Waals surface area contributed by atoms with E-state index in [0.29, 0.717) is 22.7 Å². The van der Waals surface area contributed by atoms with Gasteiger partial charge in [0.25, 0.3) is 0 Å². The first-order valence-electron chi connectivity index (χ1n) is 9.57. The van der Waals surface area contributed by atoms with Gasteiger partial charge in [-0.05, 0) is 36.8 Å². The Morgan fingerprint density at radius 1 is 1.22 bits per heavy atom. The Labute approximate surface area is 186 Å². The fourth-order valence-electron chi connectivity index (χ4n) is 3.38. The Kier molecular flexibility index (Phi) is 6.94. The standard InChI is InChI=1S/C21H22F2N4O3S.CH4/c1-12-6-14(27-31(2,3)28)8-17-20(12)21(25-11-24-17)26-16-5-4-13(22)7-18(16)30-19-10-29-9-15(19)23;/h4-8,11,15,19H,9-10H2,1-3H3,(H,24,25,26);1H4/t15-,19-;/m1./s1. The molecule has 0 bridgehead atoms. The fraction of sp³-hybridized carbons (Fsp3) is 0.364. The van der Waals surface area contributed by atoms with Crippen molar-refractivity contribution in [3.8, 4) is 5.75 Å². The summed E-state index contributed by atoms with van der Waals surface area (Å²) in [6.45, 7) is 1.92. The topological polar surface area (TPSA) is 85.7 Å². The monoisotopic (exact) mass is 464 g/mol. The molecule has 0 saturated carbocycles. The second-order valence-electron chi connectivity index (χ2n) is 7.63. The zero-order valence-corrected chi connectivity index (χ0v) is 18.1. The van der Waals surface area contributed by atoms with E-state index in [9.17, 15) is 13.0 Å². The summed E-state index contributed by atoms with van der Waals surface area (Å²) in [4.78, 5) is 8.62. The number of halogens is 2. The summed E-state index contributed by atoms with van der Waals surface area (Å²) in [6.07, 6.45) is 2.41. The van der Waals surface area contributed by atoms with E-state index in [4.69, 9.17) is 9.47 Å². The molecule has 172 valence electrons. The van der Waals surface area contributed by atoms with Crippen molar-refractivity contribution in [2.75, 3.05) is 31.0 Å². The lowest BCUT2D eigenvalue weighted by atomic mass is 10.1. The largest absolute Gasteiger partial charge is 0.483 e. The van der Waals surface area contributed by atoms with Gasteiger partial charge in [0, 0.05) is 33.7 Å². The smallest absolute Gasteiger partial charge is 0.162 e. The van der Waals surface area contributed by atoms with E-state index >= 15 is 0 Å². The molecule has 4 rings (SSSR count). The van der Waals surface area contributed by atoms with E-state index < -0.39 is 27.8 Å². The number of hydrogen-bond acceptors (Lipinski definition) is 7. The molecule has 7 nitrogen and oxygen atoms in total. The number of nitrogens with zero attached hydrogens (tertiary/aromatic N) is 3. The predicted molar refractivity (Wildman–Crippen MR) is 123 cm³/mol. The van der Waals surface area contributed by atoms with Crippen molar-refractivity contribution in [3.63, 3.8) is 0 Å². The maximum absolute atomic E-state index is 13.9. The van der Waals surface area contributed by atoms with Gasteiger partial charge in [-0.2, -0.15) is 4.36 Å². The lowest BCUT2D eigenvalue weighted by Crippen LogP contribution is -2.26. The van der Waals surface area contributed by atoms with Gasteiger partial charge in [0.05, 0.1) is 30.1 Å². The molecule has 1 fully saturated rings. The van der Waals surface area contributed by atoms with Gasteiger partial charge in [-0.15, -0.1) is 0 Å². The molecule has 1 N–H and O–H groups in total. The van der Waals surface area contributed by atoms with E-state index in [-0.39, 0.29) is 26.4 Å². The molecule has 0 spiro atoms. The molecular weight excluding hydrogens is 438 g/mol. The van der Waals surface area contributed by atoms with Gasteiger partial charge in [0.2, 0.25) is 0 Å². The highest BCUT2D eigenvalue weighted by molar-refractivity contribution is 7.92. The maximum atomic E-state index is 13.9. The highest BCUT2D eigenvalue weighted by Crippen LogP contribution is 2.34. The van der Waals surface area contributed by atoms with E-state index in [1.807, 2.05) is 6.92 Å². The van der Waals surface area contributed by atoms with Gasteiger partial charge in [-0.1, -0.05) is 7.43 Å². The summed E-state index contributed by atoms with van der Waals surface area (Å²) < 4.78 is 54.9. The lowest BCUT2D eigenvalue weighted by Gasteiger charge is -2.18. The normalized spacial score (nSPS) is 18.3. The van der Waals surface area contributed by atoms with Crippen LogP contribution in [0.2, 0.25) is 0 Å². The summed E-state index contributed by atoms with van der Waals surface area (Å²) in [6, 6.07) is 7.51. The highest BCUT2D eigenvalue weighted by atomic mass is 32.2. The number of benzene rings is 2. The van der Waals surface area contributed by atoms with E-state index in [1.165, 1.54) is 24.5 Å². The number of alkyl halides is 1. The fourth-order valence-corrected chi connectivity index (χ4v) is 3.99. The Morgan fingerprint density at radius 3 is 2.69 bits per heavy atom. The van der Waals surface area contributed by atoms with Gasteiger partial charge in [-0.3, -0.25) is 0 Å². The first-order valence-corrected chi connectivity index (χ1v) is 11.9. The van der Waals surface area contributed by atoms with Crippen molar-refractivity contribution in [1.29, 1.82) is 0 Å². The first kappa shape index (κ1) is 23.8. The van der Waals surface area contributed by atoms with Crippen molar-refractivity contribution in [3.05, 3.63) is 48.0 Å². The Balaban J connectivity index is 0.00000289. The molecule has 2 aromatic carbocycles. The number of rotatable bonds is 5. The number of anilines is 2. The summed E-state index contributed by atoms with van der Waals surface area (Å²) in [5, 5.41) is 3.87. The van der Waals surface area contributed by atoms with Crippen LogP contribution in [0.3, 0.4) is 0 Å². The van der Waals surface area contributed by atoms with Crippen LogP contribution in [-0.2, 0) is 14.5 Å². The van der Waals surface area contributed by atoms with Gasteiger partial charge in [-0.25, -0.2) is 23.0 Å². The average Bonchev–Trinajstić information content (AvgIpc) is 3.07. The molecule has 0 unspecified atom stereocenters. The molecular formula is C22H26F2N4O3S. The van der Waals surface area contributed by atoms with Crippen molar-refractivity contribution in [2.24, 2.45) is 4.36 Å². The van der Waals surface area contributed by atoms with Crippen molar-refractivity contribution in [2.45, 2.75) is 26.6 Å². The summed E-state index contributed by atoms with van der Waals surface area (Å²) in [5.74, 6) is 0.122. The third-order valence-electron chi connectivity index (χ3n) is 4.68. The molecule has 0 radical (unpaired) electrons. The average molecular weight is 465 g/mol. The van der Waals surface area contributed by atoms with E-state index in [2.05, 4.69) is 19.6 Å². The number of ether oxygens (including phenoxy) is 2. The van der Waals surface area contributed by atoms with Crippen LogP contribution in [0.1, 0.15) is 13.0 Å². The molecule has 2 atom stereocenters. The minimum Gasteiger partial charge on any atom is -0.483 e. The first-order chi connectivity index (χ1) is 14.7. The number of hydrogen-bond donors (Lipinski definition) is 1. The van der Waals surface area contributed by atoms with Crippen molar-refractivity contribution in [1.82, 2.24) is 9.97 Å². The minimum absolute atomic E-state index is 0. The molecule has 32 heavy (non-hydrogen) atoms. The number of nitrogens with one attached hydrogen (secondary N) is 1. The summed E-state index contributed by atoms with van der Waals surface area (Å²) >= 11 is 0. The highest BCUT2D eigenvalue weighted by Gasteiger charge is 2.30. The third kappa shape index (κ3) is 5.31. The van der Waals surface area contributed by atoms with Gasteiger partial charge in [0.1, 0.15) is 23.7 Å². The lowest BCUT2D eigenvalue weighted by molar-refractivity contribution is 0.129. The van der Waals surface area contributed by atoms with Crippen LogP contribution in [0.5, 0.6) is 5.75 Å². The molecule has 2 heterocycles. The SMILES string of the molecule is C.Cc1cc(N=S(C)(C)=O)cc2ncnc(Nc3ccc(F)cc3O[C@@H]3COC[C@H]3F)c12. The van der Waals surface area contributed by atoms with Crippen LogP contribution in [0.4, 0.5) is 26.0 Å². The maximum Gasteiger partial charge on any atom is 0.162 e. The second kappa shape index (κ2) is 9.33. The van der Waals surface area contributed by atoms with Crippen LogP contribution >= 0.6 is 0 Å². The molecule has 10 heteroatoms. The Bertz CT molecular complexity index is 1250. The number of aryl methyl sites for hydroxylation is 1. The molecule has 0 amide bonds. The predicted octanol–water partition coefficient (Wildman–Crippen LogP) is 4.93. The quantitative estimate of drug-likeness (QED) is 0.576. The molecule has 1 aliphatic rings. The Hall–Kier alpha value is -2.85. The number of aromatic nitrogens is 2. The summed E-state index contributed by atoms with van der Waals surface area (Å²) in [7, 11) is -2.32. The van der Waals surface area contributed by atoms with Crippen molar-refractivity contribution < 1.29 is 22.5 Å². The molecule has 1 aliphatic heterocycles. The molecule has 1 saturated heterocycles.